The summed E-state index contributed by atoms with van der Waals surface area (Å²) in [4.78, 5) is 5.09. The number of hydrogen-bond acceptors (Lipinski definition) is 4. The first kappa shape index (κ1) is 13.6. The quantitative estimate of drug-likeness (QED) is 0.887. The van der Waals surface area contributed by atoms with Gasteiger partial charge in [0.15, 0.2) is 0 Å². The van der Waals surface area contributed by atoms with E-state index in [1.807, 2.05) is 0 Å². The Morgan fingerprint density at radius 1 is 1.00 bits per heavy atom. The van der Waals surface area contributed by atoms with Gasteiger partial charge in [0.2, 0.25) is 0 Å². The first-order valence-electron chi connectivity index (χ1n) is 6.63. The van der Waals surface area contributed by atoms with Crippen LogP contribution in [0.5, 0.6) is 0 Å². The van der Waals surface area contributed by atoms with Crippen molar-refractivity contribution in [3.63, 3.8) is 0 Å². The van der Waals surface area contributed by atoms with Crippen LogP contribution in [-0.2, 0) is 0 Å². The maximum absolute atomic E-state index is 6.38. The zero-order chi connectivity index (χ0) is 14.3. The van der Waals surface area contributed by atoms with Crippen molar-refractivity contribution in [2.75, 3.05) is 0 Å². The summed E-state index contributed by atoms with van der Waals surface area (Å²) >= 11 is 3.55. The summed E-state index contributed by atoms with van der Waals surface area (Å²) < 4.78 is 0. The zero-order valence-corrected chi connectivity index (χ0v) is 13.2. The van der Waals surface area contributed by atoms with Crippen molar-refractivity contribution in [3.8, 4) is 0 Å². The highest BCUT2D eigenvalue weighted by molar-refractivity contribution is 7.13. The van der Waals surface area contributed by atoms with Crippen LogP contribution in [0, 0.1) is 13.8 Å². The second kappa shape index (κ2) is 5.20. The maximum Gasteiger partial charge on any atom is 0.0561 e. The lowest BCUT2D eigenvalue weighted by Crippen LogP contribution is -2.35. The van der Waals surface area contributed by atoms with Gasteiger partial charge in [-0.05, 0) is 38.1 Å². The zero-order valence-electron chi connectivity index (χ0n) is 11.6. The Morgan fingerprint density at radius 2 is 1.70 bits per heavy atom. The summed E-state index contributed by atoms with van der Waals surface area (Å²) in [7, 11) is 0. The van der Waals surface area contributed by atoms with Gasteiger partial charge in [0, 0.05) is 36.7 Å². The normalized spacial score (nSPS) is 22.6. The Morgan fingerprint density at radius 3 is 2.30 bits per heavy atom. The molecule has 0 aromatic carbocycles. The van der Waals surface area contributed by atoms with E-state index < -0.39 is 0 Å². The monoisotopic (exact) mass is 302 g/mol. The molecule has 2 nitrogen and oxygen atoms in total. The van der Waals surface area contributed by atoms with Crippen molar-refractivity contribution in [1.29, 1.82) is 0 Å². The molecule has 1 aliphatic rings. The molecule has 104 valence electrons. The van der Waals surface area contributed by atoms with Crippen molar-refractivity contribution in [1.82, 2.24) is 0 Å². The van der Waals surface area contributed by atoms with Crippen LogP contribution in [0.15, 0.2) is 42.1 Å². The van der Waals surface area contributed by atoms with Crippen LogP contribution in [0.1, 0.15) is 25.4 Å². The SMILES string of the molecule is Cc1ccc(C2=C(N)C(N)C(c3ccc(C)s3)C=C2)s1. The van der Waals surface area contributed by atoms with E-state index in [1.165, 1.54) is 19.5 Å². The van der Waals surface area contributed by atoms with E-state index in [2.05, 4.69) is 50.3 Å². The van der Waals surface area contributed by atoms with Crippen LogP contribution in [0.4, 0.5) is 0 Å². The molecule has 0 amide bonds. The fourth-order valence-electron chi connectivity index (χ4n) is 2.50. The van der Waals surface area contributed by atoms with E-state index in [1.54, 1.807) is 22.7 Å². The average molecular weight is 302 g/mol. The average Bonchev–Trinajstić information content (AvgIpc) is 3.02. The number of thiophene rings is 2. The lowest BCUT2D eigenvalue weighted by molar-refractivity contribution is 0.683. The Balaban J connectivity index is 1.94. The molecule has 0 bridgehead atoms. The summed E-state index contributed by atoms with van der Waals surface area (Å²) in [6.45, 7) is 4.22. The van der Waals surface area contributed by atoms with E-state index in [4.69, 9.17) is 11.5 Å². The highest BCUT2D eigenvalue weighted by Gasteiger charge is 2.26. The van der Waals surface area contributed by atoms with E-state index in [0.717, 1.165) is 11.3 Å². The third-order valence-corrected chi connectivity index (χ3v) is 5.76. The number of rotatable bonds is 2. The van der Waals surface area contributed by atoms with E-state index in [9.17, 15) is 0 Å². The lowest BCUT2D eigenvalue weighted by atomic mass is 9.88. The van der Waals surface area contributed by atoms with Crippen LogP contribution in [0.3, 0.4) is 0 Å². The third-order valence-electron chi connectivity index (χ3n) is 3.62. The van der Waals surface area contributed by atoms with Crippen LogP contribution in [0.25, 0.3) is 5.57 Å². The maximum atomic E-state index is 6.38. The highest BCUT2D eigenvalue weighted by Crippen LogP contribution is 2.37. The Labute approximate surface area is 127 Å². The second-order valence-corrected chi connectivity index (χ2v) is 7.75. The minimum Gasteiger partial charge on any atom is -0.400 e. The summed E-state index contributed by atoms with van der Waals surface area (Å²) in [6, 6.07) is 8.39. The highest BCUT2D eigenvalue weighted by atomic mass is 32.1. The summed E-state index contributed by atoms with van der Waals surface area (Å²) in [5.41, 5.74) is 14.6. The summed E-state index contributed by atoms with van der Waals surface area (Å²) in [5.74, 6) is 0.193. The Bertz CT molecular complexity index is 691. The molecule has 0 saturated heterocycles. The molecule has 2 atom stereocenters. The van der Waals surface area contributed by atoms with Crippen molar-refractivity contribution < 1.29 is 0 Å². The molecule has 3 rings (SSSR count). The van der Waals surface area contributed by atoms with Gasteiger partial charge in [-0.3, -0.25) is 0 Å². The van der Waals surface area contributed by atoms with Crippen molar-refractivity contribution >= 4 is 28.2 Å². The smallest absolute Gasteiger partial charge is 0.0561 e. The van der Waals surface area contributed by atoms with E-state index in [-0.39, 0.29) is 12.0 Å². The standard InChI is InChI=1S/C16H18N2S2/c1-9-3-7-13(19-9)11-5-6-12(16(18)15(11)17)14-8-4-10(2)20-14/h3-8,11,15H,17-18H2,1-2H3. The van der Waals surface area contributed by atoms with Gasteiger partial charge < -0.3 is 11.5 Å². The molecule has 2 unspecified atom stereocenters. The van der Waals surface area contributed by atoms with Crippen LogP contribution in [-0.4, -0.2) is 6.04 Å². The lowest BCUT2D eigenvalue weighted by Gasteiger charge is -2.26. The predicted molar refractivity (Wildman–Crippen MR) is 89.1 cm³/mol. The van der Waals surface area contributed by atoms with Gasteiger partial charge in [0.25, 0.3) is 0 Å². The first-order valence-corrected chi connectivity index (χ1v) is 8.26. The van der Waals surface area contributed by atoms with Crippen molar-refractivity contribution in [3.05, 3.63) is 61.6 Å². The molecular formula is C16H18N2S2. The van der Waals surface area contributed by atoms with Gasteiger partial charge in [-0.2, -0.15) is 0 Å². The number of hydrogen-bond donors (Lipinski definition) is 2. The van der Waals surface area contributed by atoms with Crippen LogP contribution >= 0.6 is 22.7 Å². The number of allylic oxidation sites excluding steroid dienone is 2. The van der Waals surface area contributed by atoms with Crippen molar-refractivity contribution in [2.45, 2.75) is 25.8 Å². The van der Waals surface area contributed by atoms with Gasteiger partial charge in [0.05, 0.1) is 6.04 Å². The molecule has 4 N–H and O–H groups in total. The molecule has 20 heavy (non-hydrogen) atoms. The summed E-state index contributed by atoms with van der Waals surface area (Å²) in [5, 5.41) is 0. The van der Waals surface area contributed by atoms with Gasteiger partial charge in [-0.1, -0.05) is 12.2 Å². The molecule has 2 heterocycles. The van der Waals surface area contributed by atoms with E-state index >= 15 is 0 Å². The number of aryl methyl sites for hydroxylation is 2. The molecular weight excluding hydrogens is 284 g/mol. The minimum absolute atomic E-state index is 0.143. The fourth-order valence-corrected chi connectivity index (χ4v) is 4.42. The van der Waals surface area contributed by atoms with Gasteiger partial charge >= 0.3 is 0 Å². The molecule has 0 aliphatic heterocycles. The minimum atomic E-state index is -0.143. The number of nitrogens with two attached hydrogens (primary N) is 2. The largest absolute Gasteiger partial charge is 0.400 e. The Hall–Kier alpha value is -1.36. The van der Waals surface area contributed by atoms with Crippen molar-refractivity contribution in [2.24, 2.45) is 11.5 Å². The fraction of sp³-hybridized carbons (Fsp3) is 0.250. The molecule has 1 aliphatic carbocycles. The molecule has 4 heteroatoms. The topological polar surface area (TPSA) is 52.0 Å². The van der Waals surface area contributed by atoms with Gasteiger partial charge in [0.1, 0.15) is 0 Å². The second-order valence-electron chi connectivity index (χ2n) is 5.14. The summed E-state index contributed by atoms with van der Waals surface area (Å²) in [6.07, 6.45) is 4.32. The van der Waals surface area contributed by atoms with Crippen LogP contribution in [0.2, 0.25) is 0 Å². The predicted octanol–water partition coefficient (Wildman–Crippen LogP) is 3.78. The molecule has 0 fully saturated rings. The third kappa shape index (κ3) is 2.35. The molecule has 0 spiro atoms. The molecule has 0 saturated carbocycles. The van der Waals surface area contributed by atoms with E-state index in [0.29, 0.717) is 0 Å². The van der Waals surface area contributed by atoms with Gasteiger partial charge in [-0.25, -0.2) is 0 Å². The first-order chi connectivity index (χ1) is 9.56. The van der Waals surface area contributed by atoms with Crippen LogP contribution < -0.4 is 11.5 Å². The molecule has 2 aromatic rings. The molecule has 0 radical (unpaired) electrons. The Kier molecular flexibility index (Phi) is 3.54. The van der Waals surface area contributed by atoms with Gasteiger partial charge in [-0.15, -0.1) is 22.7 Å². The molecule has 2 aromatic heterocycles.